The van der Waals surface area contributed by atoms with Crippen molar-refractivity contribution in [3.63, 3.8) is 0 Å². The molecule has 0 bridgehead atoms. The summed E-state index contributed by atoms with van der Waals surface area (Å²) in [5.74, 6) is -0.573. The van der Waals surface area contributed by atoms with Crippen LogP contribution in [-0.2, 0) is 4.79 Å². The number of piperazine rings is 1. The summed E-state index contributed by atoms with van der Waals surface area (Å²) >= 11 is 1.67. The van der Waals surface area contributed by atoms with Crippen LogP contribution in [0.3, 0.4) is 0 Å². The standard InChI is InChI=1S/C14H20F3N3OS/c1-11(12-2-7-22-9-12)20-5-3-19(4-6-20)8-13(21)18-10-14(15,16)17/h2,7,9,11H,3-6,8,10H2,1H3,(H,18,21). The van der Waals surface area contributed by atoms with Crippen molar-refractivity contribution in [1.82, 2.24) is 15.1 Å². The number of alkyl halides is 3. The van der Waals surface area contributed by atoms with Gasteiger partial charge in [-0.3, -0.25) is 14.6 Å². The molecule has 4 nitrogen and oxygen atoms in total. The van der Waals surface area contributed by atoms with Gasteiger partial charge < -0.3 is 5.32 Å². The van der Waals surface area contributed by atoms with Crippen LogP contribution in [0.5, 0.6) is 0 Å². The fourth-order valence-corrected chi connectivity index (χ4v) is 3.24. The van der Waals surface area contributed by atoms with E-state index in [0.717, 1.165) is 13.1 Å². The zero-order valence-corrected chi connectivity index (χ0v) is 13.2. The summed E-state index contributed by atoms with van der Waals surface area (Å²) in [5.41, 5.74) is 1.28. The molecule has 1 atom stereocenters. The van der Waals surface area contributed by atoms with Crippen molar-refractivity contribution in [1.29, 1.82) is 0 Å². The molecule has 2 heterocycles. The maximum Gasteiger partial charge on any atom is 0.405 e. The van der Waals surface area contributed by atoms with Crippen molar-refractivity contribution in [3.05, 3.63) is 22.4 Å². The predicted molar refractivity (Wildman–Crippen MR) is 79.8 cm³/mol. The normalized spacial score (nSPS) is 19.1. The van der Waals surface area contributed by atoms with Gasteiger partial charge in [-0.2, -0.15) is 24.5 Å². The number of thiophene rings is 1. The van der Waals surface area contributed by atoms with Crippen LogP contribution in [0.1, 0.15) is 18.5 Å². The summed E-state index contributed by atoms with van der Waals surface area (Å²) in [7, 11) is 0. The van der Waals surface area contributed by atoms with E-state index in [-0.39, 0.29) is 6.54 Å². The molecule has 1 aromatic heterocycles. The highest BCUT2D eigenvalue weighted by molar-refractivity contribution is 7.07. The van der Waals surface area contributed by atoms with Crippen molar-refractivity contribution >= 4 is 17.2 Å². The summed E-state index contributed by atoms with van der Waals surface area (Å²) in [6.07, 6.45) is -4.36. The molecule has 1 saturated heterocycles. The Morgan fingerprint density at radius 1 is 1.36 bits per heavy atom. The Hall–Kier alpha value is -1.12. The molecule has 0 spiro atoms. The van der Waals surface area contributed by atoms with Crippen LogP contribution < -0.4 is 5.32 Å². The third kappa shape index (κ3) is 5.26. The minimum atomic E-state index is -4.36. The Labute approximate surface area is 131 Å². The fraction of sp³-hybridized carbons (Fsp3) is 0.643. The third-order valence-corrected chi connectivity index (χ3v) is 4.53. The molecule has 1 aromatic rings. The number of carbonyl (C=O) groups excluding carboxylic acids is 1. The molecular formula is C14H20F3N3OS. The van der Waals surface area contributed by atoms with Crippen LogP contribution in [0.2, 0.25) is 0 Å². The number of nitrogens with one attached hydrogen (secondary N) is 1. The van der Waals surface area contributed by atoms with Crippen molar-refractivity contribution in [3.8, 4) is 0 Å². The molecule has 22 heavy (non-hydrogen) atoms. The molecule has 1 unspecified atom stereocenters. The van der Waals surface area contributed by atoms with E-state index in [1.807, 2.05) is 15.6 Å². The van der Waals surface area contributed by atoms with Gasteiger partial charge in [0, 0.05) is 32.2 Å². The highest BCUT2D eigenvalue weighted by Gasteiger charge is 2.28. The molecular weight excluding hydrogens is 315 g/mol. The Kier molecular flexibility index (Phi) is 5.82. The van der Waals surface area contributed by atoms with Gasteiger partial charge in [0.05, 0.1) is 6.54 Å². The zero-order valence-electron chi connectivity index (χ0n) is 12.4. The molecule has 1 amide bonds. The highest BCUT2D eigenvalue weighted by atomic mass is 32.1. The van der Waals surface area contributed by atoms with E-state index >= 15 is 0 Å². The van der Waals surface area contributed by atoms with Crippen molar-refractivity contribution in [2.75, 3.05) is 39.3 Å². The van der Waals surface area contributed by atoms with Crippen LogP contribution in [0, 0.1) is 0 Å². The number of amides is 1. The first-order valence-electron chi connectivity index (χ1n) is 7.17. The summed E-state index contributed by atoms with van der Waals surface area (Å²) in [4.78, 5) is 15.7. The Morgan fingerprint density at radius 3 is 2.59 bits per heavy atom. The van der Waals surface area contributed by atoms with Gasteiger partial charge in [0.1, 0.15) is 6.54 Å². The van der Waals surface area contributed by atoms with Crippen LogP contribution in [-0.4, -0.2) is 61.2 Å². The minimum absolute atomic E-state index is 0.0246. The van der Waals surface area contributed by atoms with Gasteiger partial charge in [0.25, 0.3) is 0 Å². The fourth-order valence-electron chi connectivity index (χ4n) is 2.49. The molecule has 0 radical (unpaired) electrons. The molecule has 124 valence electrons. The molecule has 1 aliphatic rings. The molecule has 0 saturated carbocycles. The number of carbonyl (C=O) groups is 1. The lowest BCUT2D eigenvalue weighted by atomic mass is 10.1. The van der Waals surface area contributed by atoms with E-state index < -0.39 is 18.6 Å². The monoisotopic (exact) mass is 335 g/mol. The average molecular weight is 335 g/mol. The number of hydrogen-bond donors (Lipinski definition) is 1. The van der Waals surface area contributed by atoms with E-state index in [4.69, 9.17) is 0 Å². The van der Waals surface area contributed by atoms with Gasteiger partial charge >= 0.3 is 6.18 Å². The van der Waals surface area contributed by atoms with E-state index in [2.05, 4.69) is 23.3 Å². The molecule has 1 aliphatic heterocycles. The van der Waals surface area contributed by atoms with Gasteiger partial charge in [-0.25, -0.2) is 0 Å². The number of hydrogen-bond acceptors (Lipinski definition) is 4. The van der Waals surface area contributed by atoms with Crippen LogP contribution >= 0.6 is 11.3 Å². The first-order chi connectivity index (χ1) is 10.3. The minimum Gasteiger partial charge on any atom is -0.346 e. The Balaban J connectivity index is 1.72. The van der Waals surface area contributed by atoms with Crippen molar-refractivity contribution in [2.45, 2.75) is 19.1 Å². The maximum absolute atomic E-state index is 12.0. The maximum atomic E-state index is 12.0. The second kappa shape index (κ2) is 7.43. The van der Waals surface area contributed by atoms with E-state index in [1.165, 1.54) is 5.56 Å². The van der Waals surface area contributed by atoms with Crippen LogP contribution in [0.4, 0.5) is 13.2 Å². The average Bonchev–Trinajstić information content (AvgIpc) is 2.99. The van der Waals surface area contributed by atoms with Crippen molar-refractivity contribution < 1.29 is 18.0 Å². The molecule has 1 fully saturated rings. The quantitative estimate of drug-likeness (QED) is 0.895. The summed E-state index contributed by atoms with van der Waals surface area (Å²) in [5, 5.41) is 6.08. The second-order valence-corrected chi connectivity index (χ2v) is 6.22. The lowest BCUT2D eigenvalue weighted by molar-refractivity contribution is -0.139. The van der Waals surface area contributed by atoms with Crippen LogP contribution in [0.25, 0.3) is 0 Å². The molecule has 8 heteroatoms. The van der Waals surface area contributed by atoms with Gasteiger partial charge in [-0.1, -0.05) is 0 Å². The first kappa shape index (κ1) is 17.2. The number of nitrogens with zero attached hydrogens (tertiary/aromatic N) is 2. The van der Waals surface area contributed by atoms with Crippen molar-refractivity contribution in [2.24, 2.45) is 0 Å². The van der Waals surface area contributed by atoms with Gasteiger partial charge in [0.15, 0.2) is 0 Å². The van der Waals surface area contributed by atoms with E-state index in [0.29, 0.717) is 19.1 Å². The zero-order chi connectivity index (χ0) is 16.2. The molecule has 1 N–H and O–H groups in total. The second-order valence-electron chi connectivity index (χ2n) is 5.44. The molecule has 2 rings (SSSR count). The Morgan fingerprint density at radius 2 is 2.05 bits per heavy atom. The molecule has 0 aliphatic carbocycles. The van der Waals surface area contributed by atoms with E-state index in [9.17, 15) is 18.0 Å². The predicted octanol–water partition coefficient (Wildman–Crippen LogP) is 2.11. The lowest BCUT2D eigenvalue weighted by Gasteiger charge is -2.37. The SMILES string of the molecule is CC(c1ccsc1)N1CCN(CC(=O)NCC(F)(F)F)CC1. The van der Waals surface area contributed by atoms with Gasteiger partial charge in [-0.05, 0) is 29.3 Å². The summed E-state index contributed by atoms with van der Waals surface area (Å²) in [6.45, 7) is 3.90. The summed E-state index contributed by atoms with van der Waals surface area (Å²) in [6, 6.07) is 2.43. The molecule has 0 aromatic carbocycles. The Bertz CT molecular complexity index is 470. The third-order valence-electron chi connectivity index (χ3n) is 3.83. The van der Waals surface area contributed by atoms with Crippen LogP contribution in [0.15, 0.2) is 16.8 Å². The topological polar surface area (TPSA) is 35.6 Å². The van der Waals surface area contributed by atoms with Gasteiger partial charge in [0.2, 0.25) is 5.91 Å². The largest absolute Gasteiger partial charge is 0.405 e. The smallest absolute Gasteiger partial charge is 0.346 e. The van der Waals surface area contributed by atoms with Gasteiger partial charge in [-0.15, -0.1) is 0 Å². The highest BCUT2D eigenvalue weighted by Crippen LogP contribution is 2.23. The van der Waals surface area contributed by atoms with E-state index in [1.54, 1.807) is 11.3 Å². The number of halogens is 3. The number of rotatable bonds is 5. The first-order valence-corrected chi connectivity index (χ1v) is 8.11. The lowest BCUT2D eigenvalue weighted by Crippen LogP contribution is -2.50. The summed E-state index contributed by atoms with van der Waals surface area (Å²) < 4.78 is 36.1.